The van der Waals surface area contributed by atoms with Crippen molar-refractivity contribution in [3.63, 3.8) is 0 Å². The number of benzene rings is 5. The Morgan fingerprint density at radius 1 is 0.611 bits per heavy atom. The van der Waals surface area contributed by atoms with Crippen molar-refractivity contribution in [3.05, 3.63) is 208 Å². The SMILES string of the molecule is C1=CC2C3c4ccccc4C(c4ccc5ccc6c7c5c4CC=C7CC=C6c4cc(C5=CCCC=C5)cc(-c5ccccc5)c4)(C2C=C1)[C@@H]1C=CC3CC1. The Morgan fingerprint density at radius 2 is 1.46 bits per heavy atom. The van der Waals surface area contributed by atoms with Crippen LogP contribution in [0.1, 0.15) is 82.5 Å². The molecule has 5 aromatic carbocycles. The van der Waals surface area contributed by atoms with E-state index in [1.807, 2.05) is 0 Å². The van der Waals surface area contributed by atoms with E-state index in [2.05, 4.69) is 164 Å². The van der Waals surface area contributed by atoms with Gasteiger partial charge in [-0.2, -0.15) is 0 Å². The van der Waals surface area contributed by atoms with Gasteiger partial charge in [-0.1, -0.05) is 146 Å². The van der Waals surface area contributed by atoms with Gasteiger partial charge in [0.15, 0.2) is 0 Å². The molecule has 0 radical (unpaired) electrons. The molecule has 0 aromatic heterocycles. The molecule has 260 valence electrons. The Morgan fingerprint density at radius 3 is 2.35 bits per heavy atom. The molecule has 10 aliphatic carbocycles. The first kappa shape index (κ1) is 30.9. The minimum Gasteiger partial charge on any atom is -0.0845 e. The first-order valence-corrected chi connectivity index (χ1v) is 20.5. The third-order valence-corrected chi connectivity index (χ3v) is 14.4. The van der Waals surface area contributed by atoms with Gasteiger partial charge < -0.3 is 0 Å². The zero-order chi connectivity index (χ0) is 35.4. The molecule has 0 heteroatoms. The predicted molar refractivity (Wildman–Crippen MR) is 226 cm³/mol. The molecule has 10 aliphatic rings. The molecule has 0 amide bonds. The molecule has 15 rings (SSSR count). The highest BCUT2D eigenvalue weighted by molar-refractivity contribution is 6.07. The molecule has 54 heavy (non-hydrogen) atoms. The van der Waals surface area contributed by atoms with Gasteiger partial charge in [0, 0.05) is 5.41 Å². The third kappa shape index (κ3) is 4.26. The Kier molecular flexibility index (Phi) is 6.74. The number of rotatable bonds is 4. The fraction of sp³-hybridized carbons (Fsp3) is 0.222. The van der Waals surface area contributed by atoms with E-state index in [-0.39, 0.29) is 5.41 Å². The molecule has 5 aromatic rings. The van der Waals surface area contributed by atoms with Crippen molar-refractivity contribution >= 4 is 27.5 Å². The molecule has 5 unspecified atom stereocenters. The third-order valence-electron chi connectivity index (χ3n) is 14.4. The Bertz CT molecular complexity index is 2630. The molecule has 0 spiro atoms. The summed E-state index contributed by atoms with van der Waals surface area (Å²) in [6.45, 7) is 0. The van der Waals surface area contributed by atoms with Crippen molar-refractivity contribution in [2.24, 2.45) is 23.7 Å². The molecule has 0 N–H and O–H groups in total. The van der Waals surface area contributed by atoms with Crippen LogP contribution in [0, 0.1) is 23.7 Å². The summed E-state index contributed by atoms with van der Waals surface area (Å²) < 4.78 is 0. The molecule has 1 fully saturated rings. The van der Waals surface area contributed by atoms with E-state index < -0.39 is 0 Å². The van der Waals surface area contributed by atoms with Crippen molar-refractivity contribution in [1.82, 2.24) is 0 Å². The molecule has 1 saturated carbocycles. The zero-order valence-electron chi connectivity index (χ0n) is 30.7. The minimum atomic E-state index is -0.105. The maximum absolute atomic E-state index is 2.66. The van der Waals surface area contributed by atoms with E-state index in [0.717, 1.165) is 25.7 Å². The maximum atomic E-state index is 2.66. The van der Waals surface area contributed by atoms with Crippen molar-refractivity contribution in [3.8, 4) is 11.1 Å². The summed E-state index contributed by atoms with van der Waals surface area (Å²) in [5.41, 5.74) is 18.5. The van der Waals surface area contributed by atoms with Crippen molar-refractivity contribution in [2.45, 2.75) is 49.9 Å². The van der Waals surface area contributed by atoms with E-state index in [1.54, 1.807) is 22.3 Å². The summed E-state index contributed by atoms with van der Waals surface area (Å²) in [5, 5.41) is 2.89. The fourth-order valence-corrected chi connectivity index (χ4v) is 12.3. The lowest BCUT2D eigenvalue weighted by Gasteiger charge is -2.60. The van der Waals surface area contributed by atoms with Gasteiger partial charge in [-0.3, -0.25) is 0 Å². The van der Waals surface area contributed by atoms with Crippen LogP contribution >= 0.6 is 0 Å². The Balaban J connectivity index is 1.09. The van der Waals surface area contributed by atoms with E-state index in [0.29, 0.717) is 29.6 Å². The average molecular weight is 693 g/mol. The van der Waals surface area contributed by atoms with E-state index >= 15 is 0 Å². The summed E-state index contributed by atoms with van der Waals surface area (Å²) in [5.74, 6) is 2.58. The number of hydrogen-bond donors (Lipinski definition) is 0. The smallest absolute Gasteiger partial charge is 0.0339 e. The van der Waals surface area contributed by atoms with E-state index in [1.165, 1.54) is 73.7 Å². The topological polar surface area (TPSA) is 0 Å². The summed E-state index contributed by atoms with van der Waals surface area (Å²) in [6.07, 6.45) is 34.1. The molecule has 0 heterocycles. The van der Waals surface area contributed by atoms with Crippen LogP contribution in [0.3, 0.4) is 0 Å². The highest BCUT2D eigenvalue weighted by Crippen LogP contribution is 2.66. The molecule has 6 atom stereocenters. The van der Waals surface area contributed by atoms with Gasteiger partial charge in [-0.25, -0.2) is 0 Å². The lowest BCUT2D eigenvalue weighted by molar-refractivity contribution is 0.125. The Labute approximate surface area is 319 Å². The van der Waals surface area contributed by atoms with Gasteiger partial charge >= 0.3 is 0 Å². The minimum absolute atomic E-state index is 0.105. The second-order valence-corrected chi connectivity index (χ2v) is 16.8. The van der Waals surface area contributed by atoms with Crippen LogP contribution in [0.5, 0.6) is 0 Å². The first-order valence-electron chi connectivity index (χ1n) is 20.5. The van der Waals surface area contributed by atoms with Gasteiger partial charge in [-0.05, 0) is 169 Å². The molecule has 0 nitrogen and oxygen atoms in total. The van der Waals surface area contributed by atoms with Crippen LogP contribution < -0.4 is 0 Å². The predicted octanol–water partition coefficient (Wildman–Crippen LogP) is 13.4. The second-order valence-electron chi connectivity index (χ2n) is 16.8. The van der Waals surface area contributed by atoms with Crippen LogP contribution in [-0.2, 0) is 11.8 Å². The van der Waals surface area contributed by atoms with Crippen LogP contribution in [-0.4, -0.2) is 0 Å². The van der Waals surface area contributed by atoms with Gasteiger partial charge in [-0.15, -0.1) is 0 Å². The molecule has 0 aliphatic heterocycles. The number of hydrogen-bond acceptors (Lipinski definition) is 0. The Hall–Kier alpha value is -5.46. The van der Waals surface area contributed by atoms with Crippen molar-refractivity contribution < 1.29 is 0 Å². The molecular weight excluding hydrogens is 649 g/mol. The van der Waals surface area contributed by atoms with Crippen LogP contribution in [0.2, 0.25) is 0 Å². The van der Waals surface area contributed by atoms with Crippen LogP contribution in [0.15, 0.2) is 164 Å². The summed E-state index contributed by atoms with van der Waals surface area (Å²) >= 11 is 0. The van der Waals surface area contributed by atoms with Crippen molar-refractivity contribution in [2.75, 3.05) is 0 Å². The monoisotopic (exact) mass is 692 g/mol. The highest BCUT2D eigenvalue weighted by Gasteiger charge is 2.59. The number of allylic oxidation sites excluding steroid dienone is 13. The second kappa shape index (κ2) is 11.8. The van der Waals surface area contributed by atoms with Gasteiger partial charge in [0.25, 0.3) is 0 Å². The maximum Gasteiger partial charge on any atom is 0.0339 e. The van der Waals surface area contributed by atoms with E-state index in [9.17, 15) is 0 Å². The van der Waals surface area contributed by atoms with Gasteiger partial charge in [0.05, 0.1) is 0 Å². The summed E-state index contributed by atoms with van der Waals surface area (Å²) in [7, 11) is 0. The van der Waals surface area contributed by atoms with Gasteiger partial charge in [0.1, 0.15) is 0 Å². The summed E-state index contributed by atoms with van der Waals surface area (Å²) in [6, 6.07) is 37.8. The average Bonchev–Trinajstić information content (AvgIpc) is 3.24. The lowest BCUT2D eigenvalue weighted by Crippen LogP contribution is -2.54. The highest BCUT2D eigenvalue weighted by atomic mass is 14.6. The summed E-state index contributed by atoms with van der Waals surface area (Å²) in [4.78, 5) is 0. The molecule has 0 saturated heterocycles. The quantitative estimate of drug-likeness (QED) is 0.165. The van der Waals surface area contributed by atoms with E-state index in [4.69, 9.17) is 0 Å². The largest absolute Gasteiger partial charge is 0.0845 e. The first-order chi connectivity index (χ1) is 26.8. The van der Waals surface area contributed by atoms with Crippen LogP contribution in [0.4, 0.5) is 0 Å². The standard InChI is InChI=1S/C54H44/c1-3-11-34(12-4-1)39-31-40(35-13-5-2-6-14-35)33-41(32-39)43-27-21-37-23-29-47-50(30-24-38-22-28-44(43)52(37)53(38)47)54-42-25-19-36(20-26-42)51(45-15-7-9-17-48(45)54)46-16-8-10-18-49(46)54/h1,3-5,7-19,22-25,27-28,30-33,36,42,45,48,51H,2,6,20-21,26,29H2/t36?,42-,45?,48?,51?,54?/m1/s1. The van der Waals surface area contributed by atoms with Crippen molar-refractivity contribution in [1.29, 1.82) is 0 Å². The van der Waals surface area contributed by atoms with Crippen LogP contribution in [0.25, 0.3) is 38.6 Å². The van der Waals surface area contributed by atoms with Gasteiger partial charge in [0.2, 0.25) is 0 Å². The molecular formula is C54H44. The molecule has 4 bridgehead atoms. The lowest BCUT2D eigenvalue weighted by atomic mass is 9.43. The zero-order valence-corrected chi connectivity index (χ0v) is 30.7. The fourth-order valence-electron chi connectivity index (χ4n) is 12.3. The normalized spacial score (nSPS) is 27.9.